The second-order valence-electron chi connectivity index (χ2n) is 6.39. The van der Waals surface area contributed by atoms with Gasteiger partial charge >= 0.3 is 17.3 Å². The van der Waals surface area contributed by atoms with Gasteiger partial charge in [-0.05, 0) is 19.8 Å². The van der Waals surface area contributed by atoms with Crippen LogP contribution in [0.3, 0.4) is 0 Å². The van der Waals surface area contributed by atoms with Gasteiger partial charge in [-0.25, -0.2) is 4.79 Å². The van der Waals surface area contributed by atoms with Crippen molar-refractivity contribution in [2.75, 3.05) is 11.9 Å². The number of benzene rings is 1. The third-order valence-electron chi connectivity index (χ3n) is 4.21. The summed E-state index contributed by atoms with van der Waals surface area (Å²) < 4.78 is 0. The Bertz CT molecular complexity index is 943. The van der Waals surface area contributed by atoms with Gasteiger partial charge in [0, 0.05) is 6.54 Å². The first kappa shape index (κ1) is 22.9. The molecule has 31 heavy (non-hydrogen) atoms. The molecule has 1 fully saturated rings. The Kier molecular flexibility index (Phi) is 6.96. The number of guanidine groups is 1. The molecule has 1 aromatic rings. The number of carbonyl (C=O) groups excluding carboxylic acids is 1. The number of hydrogen-bond acceptors (Lipinski definition) is 10. The highest BCUT2D eigenvalue weighted by molar-refractivity contribution is 6.06. The summed E-state index contributed by atoms with van der Waals surface area (Å²) in [4.78, 5) is 57.3. The average molecular weight is 439 g/mol. The van der Waals surface area contributed by atoms with E-state index in [2.05, 4.69) is 20.9 Å². The van der Waals surface area contributed by atoms with Gasteiger partial charge in [-0.3, -0.25) is 45.4 Å². The number of carbonyl (C=O) groups is 2. The van der Waals surface area contributed by atoms with Gasteiger partial charge in [0.25, 0.3) is 5.69 Å². The largest absolute Gasteiger partial charge is 0.480 e. The quantitative estimate of drug-likeness (QED) is 0.223. The standard InChI is InChI=1S/C15H17N7O9/c1-7-13(23)19-15(17-7)16-4-2-3-9(14(24)25)18-12-10(21(28)29)5-8(20(26)27)6-11(12)22(30)31/h5-7,9,18H,2-4H2,1H3,(H,24,25)(H2,16,17,19,23). The normalized spacial score (nSPS) is 17.5. The lowest BCUT2D eigenvalue weighted by Crippen LogP contribution is -2.30. The molecule has 1 aliphatic heterocycles. The summed E-state index contributed by atoms with van der Waals surface area (Å²) in [6.45, 7) is 1.71. The van der Waals surface area contributed by atoms with Gasteiger partial charge in [-0.1, -0.05) is 0 Å². The van der Waals surface area contributed by atoms with E-state index < -0.39 is 55.6 Å². The lowest BCUT2D eigenvalue weighted by molar-refractivity contribution is -0.401. The molecule has 0 spiro atoms. The molecule has 1 aromatic carbocycles. The van der Waals surface area contributed by atoms with E-state index in [-0.39, 0.29) is 31.3 Å². The molecule has 16 nitrogen and oxygen atoms in total. The first-order valence-electron chi connectivity index (χ1n) is 8.73. The summed E-state index contributed by atoms with van der Waals surface area (Å²) in [5.74, 6) is -1.50. The Morgan fingerprint density at radius 2 is 1.77 bits per heavy atom. The van der Waals surface area contributed by atoms with E-state index in [4.69, 9.17) is 0 Å². The molecular weight excluding hydrogens is 422 g/mol. The van der Waals surface area contributed by atoms with Crippen molar-refractivity contribution in [3.63, 3.8) is 0 Å². The zero-order valence-electron chi connectivity index (χ0n) is 15.9. The van der Waals surface area contributed by atoms with Crippen LogP contribution >= 0.6 is 0 Å². The van der Waals surface area contributed by atoms with Crippen LogP contribution in [-0.2, 0) is 9.59 Å². The maximum atomic E-state index is 11.6. The highest BCUT2D eigenvalue weighted by Crippen LogP contribution is 2.39. The lowest BCUT2D eigenvalue weighted by atomic mass is 10.1. The number of non-ortho nitro benzene ring substituents is 1. The molecule has 0 bridgehead atoms. The molecule has 2 rings (SSSR count). The summed E-state index contributed by atoms with van der Waals surface area (Å²) in [5.41, 5.74) is -3.64. The van der Waals surface area contributed by atoms with Crippen LogP contribution in [0.2, 0.25) is 0 Å². The molecule has 2 atom stereocenters. The number of amides is 1. The van der Waals surface area contributed by atoms with Crippen LogP contribution < -0.4 is 16.0 Å². The van der Waals surface area contributed by atoms with E-state index in [9.17, 15) is 45.0 Å². The molecule has 1 amide bonds. The second kappa shape index (κ2) is 9.42. The molecule has 1 saturated heterocycles. The number of rotatable bonds is 10. The van der Waals surface area contributed by atoms with Crippen molar-refractivity contribution >= 4 is 40.6 Å². The lowest BCUT2D eigenvalue weighted by Gasteiger charge is -2.15. The maximum absolute atomic E-state index is 11.6. The number of nitrogens with one attached hydrogen (secondary N) is 3. The fourth-order valence-electron chi connectivity index (χ4n) is 2.67. The van der Waals surface area contributed by atoms with Crippen molar-refractivity contribution in [3.05, 3.63) is 42.5 Å². The number of nitro benzene ring substituents is 3. The Morgan fingerprint density at radius 3 is 2.19 bits per heavy atom. The minimum Gasteiger partial charge on any atom is -0.480 e. The number of aliphatic imine (C=N–C) groups is 1. The monoisotopic (exact) mass is 439 g/mol. The summed E-state index contributed by atoms with van der Waals surface area (Å²) in [6, 6.07) is -0.925. The number of nitro groups is 3. The SMILES string of the molecule is CC1NC(=NCCCC(Nc2c([N+](=O)[O-])cc([N+](=O)[O-])cc2[N+](=O)[O-])C(=O)O)NC1=O. The van der Waals surface area contributed by atoms with Crippen molar-refractivity contribution in [2.45, 2.75) is 31.8 Å². The molecule has 4 N–H and O–H groups in total. The van der Waals surface area contributed by atoms with E-state index >= 15 is 0 Å². The van der Waals surface area contributed by atoms with E-state index in [1.54, 1.807) is 6.92 Å². The average Bonchev–Trinajstić information content (AvgIpc) is 3.00. The number of nitrogens with zero attached hydrogens (tertiary/aromatic N) is 4. The van der Waals surface area contributed by atoms with Gasteiger partial charge < -0.3 is 15.7 Å². The fraction of sp³-hybridized carbons (Fsp3) is 0.400. The van der Waals surface area contributed by atoms with Crippen LogP contribution in [0, 0.1) is 30.3 Å². The Hall–Kier alpha value is -4.37. The van der Waals surface area contributed by atoms with Crippen molar-refractivity contribution in [3.8, 4) is 0 Å². The molecule has 166 valence electrons. The van der Waals surface area contributed by atoms with Gasteiger partial charge in [0.1, 0.15) is 12.1 Å². The predicted molar refractivity (Wildman–Crippen MR) is 104 cm³/mol. The summed E-state index contributed by atoms with van der Waals surface area (Å²) >= 11 is 0. The highest BCUT2D eigenvalue weighted by Gasteiger charge is 2.33. The van der Waals surface area contributed by atoms with Crippen LogP contribution in [0.25, 0.3) is 0 Å². The highest BCUT2D eigenvalue weighted by atomic mass is 16.6. The van der Waals surface area contributed by atoms with Crippen LogP contribution in [0.15, 0.2) is 17.1 Å². The summed E-state index contributed by atoms with van der Waals surface area (Å²) in [6.07, 6.45) is 0.00881. The van der Waals surface area contributed by atoms with Gasteiger partial charge in [0.15, 0.2) is 11.6 Å². The first-order valence-corrected chi connectivity index (χ1v) is 8.73. The smallest absolute Gasteiger partial charge is 0.326 e. The molecule has 1 aliphatic rings. The van der Waals surface area contributed by atoms with Gasteiger partial charge in [0.2, 0.25) is 5.91 Å². The molecule has 2 unspecified atom stereocenters. The Labute approximate surface area is 172 Å². The van der Waals surface area contributed by atoms with Crippen molar-refractivity contribution < 1.29 is 29.5 Å². The van der Waals surface area contributed by atoms with Gasteiger partial charge in [-0.2, -0.15) is 0 Å². The molecule has 0 aromatic heterocycles. The minimum atomic E-state index is -1.48. The number of carboxylic acid groups (broad SMARTS) is 1. The second-order valence-corrected chi connectivity index (χ2v) is 6.39. The molecule has 0 aliphatic carbocycles. The Morgan fingerprint density at radius 1 is 1.19 bits per heavy atom. The molecule has 0 saturated carbocycles. The molecule has 0 radical (unpaired) electrons. The zero-order valence-corrected chi connectivity index (χ0v) is 15.9. The minimum absolute atomic E-state index is 0.0885. The summed E-state index contributed by atoms with van der Waals surface area (Å²) in [5, 5.41) is 50.4. The number of hydrogen-bond donors (Lipinski definition) is 4. The maximum Gasteiger partial charge on any atom is 0.326 e. The number of anilines is 1. The fourth-order valence-corrected chi connectivity index (χ4v) is 2.67. The van der Waals surface area contributed by atoms with Crippen LogP contribution in [0.1, 0.15) is 19.8 Å². The van der Waals surface area contributed by atoms with Gasteiger partial charge in [0.05, 0.1) is 26.9 Å². The molecule has 1 heterocycles. The third-order valence-corrected chi connectivity index (χ3v) is 4.21. The zero-order chi connectivity index (χ0) is 23.3. The first-order chi connectivity index (χ1) is 14.5. The third kappa shape index (κ3) is 5.58. The van der Waals surface area contributed by atoms with Crippen molar-refractivity contribution in [1.82, 2.24) is 10.6 Å². The van der Waals surface area contributed by atoms with Crippen LogP contribution in [0.4, 0.5) is 22.7 Å². The van der Waals surface area contributed by atoms with Crippen LogP contribution in [-0.4, -0.2) is 56.3 Å². The summed E-state index contributed by atoms with van der Waals surface area (Å²) in [7, 11) is 0. The van der Waals surface area contributed by atoms with E-state index in [1.165, 1.54) is 0 Å². The van der Waals surface area contributed by atoms with E-state index in [1.807, 2.05) is 0 Å². The molecular formula is C15H17N7O9. The number of carboxylic acids is 1. The van der Waals surface area contributed by atoms with Crippen LogP contribution in [0.5, 0.6) is 0 Å². The molecule has 16 heteroatoms. The Balaban J connectivity index is 2.22. The van der Waals surface area contributed by atoms with E-state index in [0.717, 1.165) is 0 Å². The van der Waals surface area contributed by atoms with E-state index in [0.29, 0.717) is 12.1 Å². The van der Waals surface area contributed by atoms with Crippen molar-refractivity contribution in [2.24, 2.45) is 4.99 Å². The topological polar surface area (TPSA) is 232 Å². The predicted octanol–water partition coefficient (Wildman–Crippen LogP) is 0.520. The van der Waals surface area contributed by atoms with Gasteiger partial charge in [-0.15, -0.1) is 0 Å². The number of aliphatic carboxylic acids is 1. The van der Waals surface area contributed by atoms with Crippen molar-refractivity contribution in [1.29, 1.82) is 0 Å².